The molecule has 5 nitrogen and oxygen atoms in total. The van der Waals surface area contributed by atoms with E-state index in [-0.39, 0.29) is 10.5 Å². The molecule has 2 rings (SSSR count). The molecule has 0 aliphatic carbocycles. The second-order valence-corrected chi connectivity index (χ2v) is 4.46. The largest absolute Gasteiger partial charge is 0.439 e. The molecule has 1 unspecified atom stereocenters. The van der Waals surface area contributed by atoms with Gasteiger partial charge in [-0.1, -0.05) is 6.92 Å². The Morgan fingerprint density at radius 1 is 1.44 bits per heavy atom. The minimum atomic E-state index is -0.0148. The van der Waals surface area contributed by atoms with Crippen molar-refractivity contribution >= 4 is 12.4 Å². The highest BCUT2D eigenvalue weighted by Gasteiger charge is 2.43. The molecule has 0 saturated carbocycles. The van der Waals surface area contributed by atoms with Crippen LogP contribution in [0.5, 0.6) is 0 Å². The molecule has 1 aromatic rings. The van der Waals surface area contributed by atoms with Crippen molar-refractivity contribution in [2.45, 2.75) is 33.6 Å². The lowest BCUT2D eigenvalue weighted by Crippen LogP contribution is -2.51. The number of hydrogen-bond donors (Lipinski definition) is 0. The molecule has 1 amide bonds. The SMILES string of the molecule is CCCC1=C(C)N=C[N+]1(CC)C(=O)n1ccnc1. The van der Waals surface area contributed by atoms with E-state index in [9.17, 15) is 4.79 Å². The highest BCUT2D eigenvalue weighted by Crippen LogP contribution is 2.30. The van der Waals surface area contributed by atoms with Crippen LogP contribution < -0.4 is 0 Å². The Morgan fingerprint density at radius 2 is 2.22 bits per heavy atom. The van der Waals surface area contributed by atoms with Crippen molar-refractivity contribution < 1.29 is 9.28 Å². The second kappa shape index (κ2) is 4.86. The fraction of sp³-hybridized carbons (Fsp3) is 0.462. The molecule has 1 aliphatic heterocycles. The smallest absolute Gasteiger partial charge is 0.245 e. The molecular formula is C13H19N4O+. The fourth-order valence-electron chi connectivity index (χ4n) is 2.39. The molecule has 0 spiro atoms. The first-order valence-corrected chi connectivity index (χ1v) is 6.32. The molecule has 0 aromatic carbocycles. The van der Waals surface area contributed by atoms with Crippen LogP contribution in [0.3, 0.4) is 0 Å². The van der Waals surface area contributed by atoms with Gasteiger partial charge in [0.2, 0.25) is 6.34 Å². The van der Waals surface area contributed by atoms with E-state index in [4.69, 9.17) is 0 Å². The van der Waals surface area contributed by atoms with Crippen LogP contribution in [0.15, 0.2) is 35.1 Å². The number of rotatable bonds is 3. The number of carbonyl (C=O) groups excluding carboxylic acids is 1. The van der Waals surface area contributed by atoms with Crippen molar-refractivity contribution in [2.24, 2.45) is 4.99 Å². The summed E-state index contributed by atoms with van der Waals surface area (Å²) in [5, 5.41) is 0. The lowest BCUT2D eigenvalue weighted by Gasteiger charge is -2.28. The zero-order chi connectivity index (χ0) is 13.2. The third kappa shape index (κ3) is 1.80. The highest BCUT2D eigenvalue weighted by atomic mass is 16.2. The van der Waals surface area contributed by atoms with Crippen molar-refractivity contribution in [2.75, 3.05) is 6.54 Å². The van der Waals surface area contributed by atoms with Gasteiger partial charge in [-0.2, -0.15) is 4.48 Å². The van der Waals surface area contributed by atoms with Crippen LogP contribution in [-0.2, 0) is 0 Å². The van der Waals surface area contributed by atoms with Crippen molar-refractivity contribution in [1.29, 1.82) is 0 Å². The topological polar surface area (TPSA) is 47.2 Å². The van der Waals surface area contributed by atoms with Gasteiger partial charge >= 0.3 is 6.03 Å². The van der Waals surface area contributed by atoms with Gasteiger partial charge in [0.1, 0.15) is 17.7 Å². The van der Waals surface area contributed by atoms with Gasteiger partial charge in [0, 0.05) is 18.8 Å². The maximum atomic E-state index is 12.7. The van der Waals surface area contributed by atoms with E-state index in [2.05, 4.69) is 16.9 Å². The lowest BCUT2D eigenvalue weighted by atomic mass is 10.2. The van der Waals surface area contributed by atoms with Gasteiger partial charge < -0.3 is 0 Å². The zero-order valence-corrected chi connectivity index (χ0v) is 11.1. The van der Waals surface area contributed by atoms with Crippen LogP contribution in [0.25, 0.3) is 0 Å². The second-order valence-electron chi connectivity index (χ2n) is 4.46. The first-order valence-electron chi connectivity index (χ1n) is 6.32. The van der Waals surface area contributed by atoms with E-state index >= 15 is 0 Å². The monoisotopic (exact) mass is 247 g/mol. The van der Waals surface area contributed by atoms with Crippen LogP contribution >= 0.6 is 0 Å². The molecule has 0 saturated heterocycles. The number of aliphatic imine (C=N–C) groups is 1. The number of carbonyl (C=O) groups is 1. The van der Waals surface area contributed by atoms with E-state index in [0.29, 0.717) is 6.54 Å². The predicted molar refractivity (Wildman–Crippen MR) is 69.9 cm³/mol. The summed E-state index contributed by atoms with van der Waals surface area (Å²) in [6.45, 7) is 6.77. The van der Waals surface area contributed by atoms with Gasteiger partial charge in [0.25, 0.3) is 0 Å². The Kier molecular flexibility index (Phi) is 3.43. The van der Waals surface area contributed by atoms with Gasteiger partial charge in [-0.3, -0.25) is 0 Å². The van der Waals surface area contributed by atoms with E-state index in [0.717, 1.165) is 24.2 Å². The Morgan fingerprint density at radius 3 is 2.78 bits per heavy atom. The third-order valence-electron chi connectivity index (χ3n) is 3.40. The summed E-state index contributed by atoms with van der Waals surface area (Å²) in [4.78, 5) is 21.0. The number of amides is 1. The molecule has 0 fully saturated rings. The van der Waals surface area contributed by atoms with Crippen molar-refractivity contribution in [3.63, 3.8) is 0 Å². The Bertz CT molecular complexity index is 501. The van der Waals surface area contributed by atoms with Crippen molar-refractivity contribution in [3.8, 4) is 0 Å². The van der Waals surface area contributed by atoms with Crippen LogP contribution in [-0.4, -0.2) is 32.9 Å². The van der Waals surface area contributed by atoms with Gasteiger partial charge in [-0.15, -0.1) is 0 Å². The molecule has 0 bridgehead atoms. The molecule has 18 heavy (non-hydrogen) atoms. The van der Waals surface area contributed by atoms with Gasteiger partial charge in [0.15, 0.2) is 0 Å². The van der Waals surface area contributed by atoms with E-state index in [1.807, 2.05) is 13.8 Å². The molecule has 0 N–H and O–H groups in total. The quantitative estimate of drug-likeness (QED) is 0.771. The highest BCUT2D eigenvalue weighted by molar-refractivity contribution is 5.80. The van der Waals surface area contributed by atoms with Gasteiger partial charge in [-0.25, -0.2) is 19.3 Å². The maximum absolute atomic E-state index is 12.7. The number of quaternary nitrogens is 1. The van der Waals surface area contributed by atoms with Crippen LogP contribution in [0.4, 0.5) is 4.79 Å². The molecule has 96 valence electrons. The van der Waals surface area contributed by atoms with Gasteiger partial charge in [0.05, 0.1) is 6.54 Å². The summed E-state index contributed by atoms with van der Waals surface area (Å²) >= 11 is 0. The first kappa shape index (κ1) is 12.7. The number of imidazole rings is 1. The summed E-state index contributed by atoms with van der Waals surface area (Å²) in [6.07, 6.45) is 8.50. The molecule has 1 aliphatic rings. The standard InChI is InChI=1S/C13H19N4O/c1-4-6-12-11(3)15-10-17(12,5-2)13(18)16-8-7-14-9-16/h7-10H,4-6H2,1-3H3/q+1. The summed E-state index contributed by atoms with van der Waals surface area (Å²) in [7, 11) is 0. The third-order valence-corrected chi connectivity index (χ3v) is 3.40. The maximum Gasteiger partial charge on any atom is 0.439 e. The minimum Gasteiger partial charge on any atom is -0.245 e. The van der Waals surface area contributed by atoms with Crippen LogP contribution in [0.1, 0.15) is 33.6 Å². The van der Waals surface area contributed by atoms with Crippen LogP contribution in [0.2, 0.25) is 0 Å². The molecule has 1 atom stereocenters. The first-order chi connectivity index (χ1) is 8.65. The fourth-order valence-corrected chi connectivity index (χ4v) is 2.39. The zero-order valence-electron chi connectivity index (χ0n) is 11.1. The molecule has 5 heteroatoms. The van der Waals surface area contributed by atoms with Gasteiger partial charge in [-0.05, 0) is 20.3 Å². The minimum absolute atomic E-state index is 0.0148. The molecule has 0 radical (unpaired) electrons. The predicted octanol–water partition coefficient (Wildman–Crippen LogP) is 2.76. The average molecular weight is 247 g/mol. The Balaban J connectivity index is 2.43. The lowest BCUT2D eigenvalue weighted by molar-refractivity contribution is -0.706. The van der Waals surface area contributed by atoms with E-state index in [1.165, 1.54) is 4.57 Å². The summed E-state index contributed by atoms with van der Waals surface area (Å²) in [5.41, 5.74) is 2.06. The van der Waals surface area contributed by atoms with Crippen molar-refractivity contribution in [1.82, 2.24) is 9.55 Å². The van der Waals surface area contributed by atoms with E-state index in [1.54, 1.807) is 25.1 Å². The number of hydrogen-bond acceptors (Lipinski definition) is 3. The number of allylic oxidation sites excluding steroid dienone is 2. The number of nitrogens with zero attached hydrogens (tertiary/aromatic N) is 4. The molecular weight excluding hydrogens is 228 g/mol. The number of aromatic nitrogens is 2. The summed E-state index contributed by atoms with van der Waals surface area (Å²) in [6, 6.07) is -0.0148. The molecule has 1 aromatic heterocycles. The average Bonchev–Trinajstić information content (AvgIpc) is 3.00. The van der Waals surface area contributed by atoms with Crippen LogP contribution in [0, 0.1) is 0 Å². The normalized spacial score (nSPS) is 22.8. The van der Waals surface area contributed by atoms with Crippen molar-refractivity contribution in [3.05, 3.63) is 30.1 Å². The Labute approximate surface area is 107 Å². The van der Waals surface area contributed by atoms with E-state index < -0.39 is 0 Å². The Hall–Kier alpha value is -1.75. The summed E-state index contributed by atoms with van der Waals surface area (Å²) < 4.78 is 1.72. The summed E-state index contributed by atoms with van der Waals surface area (Å²) in [5.74, 6) is 0. The molecule has 2 heterocycles.